The molecule has 76 valence electrons. The summed E-state index contributed by atoms with van der Waals surface area (Å²) in [6.07, 6.45) is 3.88. The maximum absolute atomic E-state index is 2.33. The zero-order valence-corrected chi connectivity index (χ0v) is 12.4. The Balaban J connectivity index is 0.00000169. The number of benzene rings is 1. The second-order valence-corrected chi connectivity index (χ2v) is 5.99. The van der Waals surface area contributed by atoms with E-state index in [0.29, 0.717) is 0 Å². The summed E-state index contributed by atoms with van der Waals surface area (Å²) in [5.74, 6) is 0. The van der Waals surface area contributed by atoms with Gasteiger partial charge >= 0.3 is 20.4 Å². The van der Waals surface area contributed by atoms with Gasteiger partial charge in [0.25, 0.3) is 0 Å². The van der Waals surface area contributed by atoms with Crippen molar-refractivity contribution < 1.29 is 0 Å². The number of rotatable bonds is 5. The normalized spacial score (nSPS) is 9.00. The van der Waals surface area contributed by atoms with Crippen LogP contribution in [-0.2, 0) is 6.42 Å². The van der Waals surface area contributed by atoms with Crippen LogP contribution >= 0.6 is 17.0 Å². The van der Waals surface area contributed by atoms with Gasteiger partial charge in [0.15, 0.2) is 0 Å². The molecule has 0 unspecified atom stereocenters. The van der Waals surface area contributed by atoms with Gasteiger partial charge in [-0.2, -0.15) is 3.69 Å². The first-order chi connectivity index (χ1) is 6.36. The highest BCUT2D eigenvalue weighted by molar-refractivity contribution is 8.93. The van der Waals surface area contributed by atoms with Crippen molar-refractivity contribution in [2.75, 3.05) is 0 Å². The SMILES string of the molecule is Br.CCCCc1cc[c]([Mg][CH2]C)cc1. The van der Waals surface area contributed by atoms with Gasteiger partial charge in [0.1, 0.15) is 0 Å². The zero-order valence-electron chi connectivity index (χ0n) is 9.25. The van der Waals surface area contributed by atoms with Gasteiger partial charge in [0.05, 0.1) is 0 Å². The molecule has 0 spiro atoms. The molecule has 0 aliphatic heterocycles. The average molecular weight is 267 g/mol. The molecule has 1 aromatic carbocycles. The smallest absolute Gasteiger partial charge is 0.174 e. The summed E-state index contributed by atoms with van der Waals surface area (Å²) in [6.45, 7) is 4.54. The van der Waals surface area contributed by atoms with Crippen LogP contribution in [0.1, 0.15) is 32.3 Å². The van der Waals surface area contributed by atoms with Crippen LogP contribution in [0.4, 0.5) is 0 Å². The molecule has 0 amide bonds. The lowest BCUT2D eigenvalue weighted by molar-refractivity contribution is 0.795. The third kappa shape index (κ3) is 5.37. The highest BCUT2D eigenvalue weighted by Gasteiger charge is 1.96. The minimum Gasteiger partial charge on any atom is -0.174 e. The van der Waals surface area contributed by atoms with Crippen LogP contribution in [0, 0.1) is 0 Å². The molecule has 0 aromatic heterocycles. The van der Waals surface area contributed by atoms with Gasteiger partial charge in [-0.3, -0.25) is 0 Å². The molecule has 0 heterocycles. The molecule has 0 saturated heterocycles. The standard InChI is InChI=1S/C10H13.C2H5.BrH.Mg/c1-2-3-7-10-8-5-4-6-9-10;1-2;;/h5-6,8-9H,2-3,7H2,1H3;1H2,2H3;1H;. The Labute approximate surface area is 108 Å². The molecule has 0 aliphatic rings. The van der Waals surface area contributed by atoms with Crippen molar-refractivity contribution in [3.8, 4) is 0 Å². The first-order valence-electron chi connectivity index (χ1n) is 5.44. The van der Waals surface area contributed by atoms with Crippen LogP contribution in [0.5, 0.6) is 0 Å². The fraction of sp³-hybridized carbons (Fsp3) is 0.500. The Morgan fingerprint density at radius 3 is 2.21 bits per heavy atom. The van der Waals surface area contributed by atoms with Crippen molar-refractivity contribution in [2.24, 2.45) is 0 Å². The van der Waals surface area contributed by atoms with Gasteiger partial charge in [0.2, 0.25) is 0 Å². The minimum atomic E-state index is 0. The molecule has 0 saturated carbocycles. The van der Waals surface area contributed by atoms with E-state index in [4.69, 9.17) is 0 Å². The predicted octanol–water partition coefficient (Wildman–Crippen LogP) is 3.37. The molecular weight excluding hydrogens is 248 g/mol. The third-order valence-corrected chi connectivity index (χ3v) is 3.93. The maximum Gasteiger partial charge on any atom is 0.408 e. The van der Waals surface area contributed by atoms with Crippen LogP contribution in [0.2, 0.25) is 4.55 Å². The lowest BCUT2D eigenvalue weighted by atomic mass is 10.1. The van der Waals surface area contributed by atoms with Gasteiger partial charge in [-0.1, -0.05) is 44.5 Å². The number of hydrogen-bond donors (Lipinski definition) is 0. The number of aryl methyl sites for hydroxylation is 1. The summed E-state index contributed by atoms with van der Waals surface area (Å²) < 4.78 is 3.00. The lowest BCUT2D eigenvalue weighted by Crippen LogP contribution is -2.11. The van der Waals surface area contributed by atoms with E-state index in [1.165, 1.54) is 29.4 Å². The second-order valence-electron chi connectivity index (χ2n) is 3.67. The van der Waals surface area contributed by atoms with E-state index >= 15 is 0 Å². The number of unbranched alkanes of at least 4 members (excludes halogenated alkanes) is 1. The Morgan fingerprint density at radius 1 is 1.07 bits per heavy atom. The molecule has 0 N–H and O–H groups in total. The first kappa shape index (κ1) is 14.5. The molecule has 0 bridgehead atoms. The highest BCUT2D eigenvalue weighted by Crippen LogP contribution is 2.02. The fourth-order valence-corrected chi connectivity index (χ4v) is 2.69. The van der Waals surface area contributed by atoms with Crippen LogP contribution in [-0.4, -0.2) is 20.4 Å². The van der Waals surface area contributed by atoms with Crippen LogP contribution in [0.25, 0.3) is 0 Å². The molecule has 1 rings (SSSR count). The summed E-state index contributed by atoms with van der Waals surface area (Å²) in [7, 11) is 0. The monoisotopic (exact) mass is 266 g/mol. The van der Waals surface area contributed by atoms with Crippen LogP contribution in [0.15, 0.2) is 24.3 Å². The minimum absolute atomic E-state index is 0. The van der Waals surface area contributed by atoms with E-state index in [2.05, 4.69) is 38.1 Å². The molecule has 2 heteroatoms. The summed E-state index contributed by atoms with van der Waals surface area (Å²) >= 11 is 0.0638. The lowest BCUT2D eigenvalue weighted by Gasteiger charge is -2.01. The largest absolute Gasteiger partial charge is 0.408 e. The Hall–Kier alpha value is 0.466. The molecule has 1 aromatic rings. The Morgan fingerprint density at radius 2 is 1.71 bits per heavy atom. The van der Waals surface area contributed by atoms with Crippen molar-refractivity contribution >= 4 is 41.0 Å². The van der Waals surface area contributed by atoms with Crippen molar-refractivity contribution in [3.05, 3.63) is 29.8 Å². The Kier molecular flexibility index (Phi) is 9.04. The third-order valence-electron chi connectivity index (χ3n) is 2.38. The predicted molar refractivity (Wildman–Crippen MR) is 71.2 cm³/mol. The van der Waals surface area contributed by atoms with Gasteiger partial charge in [-0.05, 0) is 18.4 Å². The van der Waals surface area contributed by atoms with E-state index in [-0.39, 0.29) is 37.3 Å². The summed E-state index contributed by atoms with van der Waals surface area (Å²) in [6, 6.07) is 9.29. The molecule has 0 nitrogen and oxygen atoms in total. The molecule has 0 fully saturated rings. The quantitative estimate of drug-likeness (QED) is 0.718. The molecule has 0 atom stereocenters. The molecule has 0 aliphatic carbocycles. The first-order valence-corrected chi connectivity index (χ1v) is 7.15. The highest BCUT2D eigenvalue weighted by atomic mass is 79.9. The summed E-state index contributed by atoms with van der Waals surface area (Å²) in [5.41, 5.74) is 1.51. The van der Waals surface area contributed by atoms with Crippen LogP contribution in [0.3, 0.4) is 0 Å². The number of halogens is 1. The van der Waals surface area contributed by atoms with Crippen molar-refractivity contribution in [3.63, 3.8) is 0 Å². The van der Waals surface area contributed by atoms with E-state index < -0.39 is 0 Å². The Bertz CT molecular complexity index is 231. The molecule has 14 heavy (non-hydrogen) atoms. The van der Waals surface area contributed by atoms with Gasteiger partial charge in [-0.25, -0.2) is 0 Å². The zero-order chi connectivity index (χ0) is 9.52. The van der Waals surface area contributed by atoms with Crippen LogP contribution < -0.4 is 3.69 Å². The summed E-state index contributed by atoms with van der Waals surface area (Å²) in [5, 5.41) is 0. The summed E-state index contributed by atoms with van der Waals surface area (Å²) in [4.78, 5) is 0. The van der Waals surface area contributed by atoms with E-state index in [9.17, 15) is 0 Å². The van der Waals surface area contributed by atoms with E-state index in [1.807, 2.05) is 0 Å². The topological polar surface area (TPSA) is 0 Å². The number of hydrogen-bond acceptors (Lipinski definition) is 0. The van der Waals surface area contributed by atoms with E-state index in [1.54, 1.807) is 3.69 Å². The molecular formula is C12H19BrMg. The fourth-order valence-electron chi connectivity index (χ4n) is 1.54. The second kappa shape index (κ2) is 8.75. The van der Waals surface area contributed by atoms with Gasteiger partial charge in [0, 0.05) is 0 Å². The van der Waals surface area contributed by atoms with Crippen molar-refractivity contribution in [1.82, 2.24) is 0 Å². The van der Waals surface area contributed by atoms with Crippen molar-refractivity contribution in [1.29, 1.82) is 0 Å². The van der Waals surface area contributed by atoms with Gasteiger partial charge in [-0.15, -0.1) is 21.5 Å². The van der Waals surface area contributed by atoms with Crippen molar-refractivity contribution in [2.45, 2.75) is 37.7 Å². The van der Waals surface area contributed by atoms with Gasteiger partial charge < -0.3 is 0 Å². The molecule has 0 radical (unpaired) electrons. The maximum atomic E-state index is 2.33. The average Bonchev–Trinajstić information content (AvgIpc) is 2.17. The van der Waals surface area contributed by atoms with E-state index in [0.717, 1.165) is 0 Å².